The van der Waals surface area contributed by atoms with Crippen molar-refractivity contribution in [3.05, 3.63) is 70.8 Å². The van der Waals surface area contributed by atoms with Gasteiger partial charge in [-0.1, -0.05) is 36.4 Å². The van der Waals surface area contributed by atoms with Crippen molar-refractivity contribution in [1.29, 1.82) is 0 Å². The Morgan fingerprint density at radius 2 is 1.47 bits per heavy atom. The zero-order valence-electron chi connectivity index (χ0n) is 9.96. The predicted octanol–water partition coefficient (Wildman–Crippen LogP) is 2.85. The third kappa shape index (κ3) is 1.85. The fourth-order valence-electron chi connectivity index (χ4n) is 2.18. The van der Waals surface area contributed by atoms with Crippen molar-refractivity contribution < 1.29 is 14.7 Å². The fraction of sp³-hybridized carbons (Fsp3) is 0. The smallest absolute Gasteiger partial charge is 0.197 e. The van der Waals surface area contributed by atoms with Gasteiger partial charge in [0.1, 0.15) is 5.75 Å². The van der Waals surface area contributed by atoms with Crippen molar-refractivity contribution in [2.75, 3.05) is 0 Å². The maximum absolute atomic E-state index is 12.1. The molecule has 3 heteroatoms. The van der Waals surface area contributed by atoms with E-state index in [4.69, 9.17) is 0 Å². The van der Waals surface area contributed by atoms with Gasteiger partial charge in [-0.05, 0) is 23.8 Å². The summed E-state index contributed by atoms with van der Waals surface area (Å²) in [6.45, 7) is 0. The van der Waals surface area contributed by atoms with Gasteiger partial charge in [0.05, 0.1) is 5.57 Å². The number of hydrogen-bond donors (Lipinski definition) is 1. The normalized spacial score (nSPS) is 13.6. The first-order valence-electron chi connectivity index (χ1n) is 5.86. The van der Waals surface area contributed by atoms with Gasteiger partial charge in [-0.2, -0.15) is 0 Å². The third-order valence-electron chi connectivity index (χ3n) is 3.09. The molecule has 0 unspecified atom stereocenters. The van der Waals surface area contributed by atoms with Crippen LogP contribution in [-0.4, -0.2) is 16.7 Å². The molecule has 0 spiro atoms. The number of benzene rings is 2. The number of Topliss-reactive ketones (excluding diaryl/α,β-unsaturated/α-hetero) is 2. The van der Waals surface area contributed by atoms with Crippen molar-refractivity contribution in [3.63, 3.8) is 0 Å². The number of phenolic OH excluding ortho intramolecular Hbond substituents is 1. The molecule has 0 amide bonds. The Kier molecular flexibility index (Phi) is 2.53. The van der Waals surface area contributed by atoms with E-state index in [-0.39, 0.29) is 22.9 Å². The highest BCUT2D eigenvalue weighted by molar-refractivity contribution is 6.41. The van der Waals surface area contributed by atoms with E-state index in [1.165, 1.54) is 18.2 Å². The molecule has 3 nitrogen and oxygen atoms in total. The molecular formula is C16H10O3. The first-order valence-corrected chi connectivity index (χ1v) is 5.86. The van der Waals surface area contributed by atoms with Crippen LogP contribution in [0.15, 0.2) is 54.1 Å². The van der Waals surface area contributed by atoms with E-state index in [1.54, 1.807) is 36.4 Å². The monoisotopic (exact) mass is 250 g/mol. The molecule has 0 fully saturated rings. The molecule has 0 aliphatic heterocycles. The molecule has 0 saturated heterocycles. The lowest BCUT2D eigenvalue weighted by atomic mass is 10.1. The zero-order valence-corrected chi connectivity index (χ0v) is 9.96. The molecule has 19 heavy (non-hydrogen) atoms. The van der Waals surface area contributed by atoms with Crippen molar-refractivity contribution in [2.45, 2.75) is 0 Å². The van der Waals surface area contributed by atoms with Gasteiger partial charge in [-0.3, -0.25) is 9.59 Å². The average Bonchev–Trinajstić information content (AvgIpc) is 2.65. The topological polar surface area (TPSA) is 54.4 Å². The summed E-state index contributed by atoms with van der Waals surface area (Å²) < 4.78 is 0. The molecule has 0 atom stereocenters. The molecule has 0 aromatic heterocycles. The highest BCUT2D eigenvalue weighted by atomic mass is 16.3. The Balaban J connectivity index is 2.09. The van der Waals surface area contributed by atoms with Gasteiger partial charge in [0.25, 0.3) is 0 Å². The van der Waals surface area contributed by atoms with Crippen LogP contribution in [0.2, 0.25) is 0 Å². The number of rotatable bonds is 1. The number of carbonyl (C=O) groups is 2. The van der Waals surface area contributed by atoms with Crippen molar-refractivity contribution in [2.24, 2.45) is 0 Å². The predicted molar refractivity (Wildman–Crippen MR) is 71.2 cm³/mol. The van der Waals surface area contributed by atoms with Crippen LogP contribution in [0.4, 0.5) is 0 Å². The van der Waals surface area contributed by atoms with E-state index in [2.05, 4.69) is 0 Å². The van der Waals surface area contributed by atoms with Crippen LogP contribution in [0.3, 0.4) is 0 Å². The molecule has 1 aliphatic rings. The number of hydrogen-bond acceptors (Lipinski definition) is 3. The molecule has 2 aromatic rings. The van der Waals surface area contributed by atoms with E-state index in [0.717, 1.165) is 0 Å². The van der Waals surface area contributed by atoms with Crippen LogP contribution < -0.4 is 0 Å². The van der Waals surface area contributed by atoms with Crippen LogP contribution in [-0.2, 0) is 0 Å². The summed E-state index contributed by atoms with van der Waals surface area (Å²) in [6, 6.07) is 13.2. The molecule has 1 aliphatic carbocycles. The van der Waals surface area contributed by atoms with Gasteiger partial charge in [0.2, 0.25) is 0 Å². The molecular weight excluding hydrogens is 240 g/mol. The Bertz CT molecular complexity index is 689. The second kappa shape index (κ2) is 4.21. The highest BCUT2D eigenvalue weighted by Crippen LogP contribution is 2.28. The Hall–Kier alpha value is -2.68. The lowest BCUT2D eigenvalue weighted by Crippen LogP contribution is -2.00. The third-order valence-corrected chi connectivity index (χ3v) is 3.09. The van der Waals surface area contributed by atoms with E-state index < -0.39 is 0 Å². The van der Waals surface area contributed by atoms with Crippen LogP contribution in [0, 0.1) is 0 Å². The van der Waals surface area contributed by atoms with E-state index in [1.807, 2.05) is 0 Å². The number of aromatic hydroxyl groups is 1. The van der Waals surface area contributed by atoms with Crippen molar-refractivity contribution in [1.82, 2.24) is 0 Å². The van der Waals surface area contributed by atoms with Crippen LogP contribution >= 0.6 is 0 Å². The highest BCUT2D eigenvalue weighted by Gasteiger charge is 2.32. The van der Waals surface area contributed by atoms with Crippen LogP contribution in [0.1, 0.15) is 26.3 Å². The van der Waals surface area contributed by atoms with Gasteiger partial charge < -0.3 is 5.11 Å². The summed E-state index contributed by atoms with van der Waals surface area (Å²) in [7, 11) is 0. The summed E-state index contributed by atoms with van der Waals surface area (Å²) in [4.78, 5) is 24.3. The Morgan fingerprint density at radius 1 is 0.842 bits per heavy atom. The van der Waals surface area contributed by atoms with E-state index in [0.29, 0.717) is 16.7 Å². The zero-order chi connectivity index (χ0) is 13.4. The Morgan fingerprint density at radius 3 is 2.05 bits per heavy atom. The quantitative estimate of drug-likeness (QED) is 0.625. The minimum absolute atomic E-state index is 0.102. The maximum atomic E-state index is 12.1. The largest absolute Gasteiger partial charge is 0.508 e. The molecule has 92 valence electrons. The summed E-state index contributed by atoms with van der Waals surface area (Å²) >= 11 is 0. The molecule has 2 aromatic carbocycles. The lowest BCUT2D eigenvalue weighted by molar-refractivity contribution is 0.0990. The van der Waals surface area contributed by atoms with Crippen LogP contribution in [0.5, 0.6) is 5.75 Å². The summed E-state index contributed by atoms with van der Waals surface area (Å²) in [5.41, 5.74) is 1.66. The van der Waals surface area contributed by atoms with Gasteiger partial charge >= 0.3 is 0 Å². The maximum Gasteiger partial charge on any atom is 0.197 e. The first kappa shape index (κ1) is 11.4. The average molecular weight is 250 g/mol. The molecule has 0 bridgehead atoms. The minimum atomic E-state index is -0.260. The summed E-state index contributed by atoms with van der Waals surface area (Å²) in [5, 5.41) is 9.39. The van der Waals surface area contributed by atoms with E-state index in [9.17, 15) is 14.7 Å². The number of fused-ring (bicyclic) bond motifs is 1. The number of allylic oxidation sites excluding steroid dienone is 1. The van der Waals surface area contributed by atoms with Gasteiger partial charge in [0.15, 0.2) is 11.6 Å². The number of ketones is 2. The number of phenols is 1. The van der Waals surface area contributed by atoms with Crippen molar-refractivity contribution >= 4 is 17.6 Å². The standard InChI is InChI=1S/C16H10O3/c17-11-5-3-4-10(8-11)9-14-15(18)12-6-1-2-7-13(12)16(14)19/h1-9,17H. The number of carbonyl (C=O) groups excluding carboxylic acids is 2. The molecule has 0 saturated carbocycles. The molecule has 1 N–H and O–H groups in total. The van der Waals surface area contributed by atoms with Gasteiger partial charge in [0, 0.05) is 11.1 Å². The molecule has 3 rings (SSSR count). The minimum Gasteiger partial charge on any atom is -0.508 e. The Labute approximate surface area is 109 Å². The fourth-order valence-corrected chi connectivity index (χ4v) is 2.18. The van der Waals surface area contributed by atoms with E-state index >= 15 is 0 Å². The van der Waals surface area contributed by atoms with Gasteiger partial charge in [-0.25, -0.2) is 0 Å². The molecule has 0 heterocycles. The molecule has 0 radical (unpaired) electrons. The van der Waals surface area contributed by atoms with Gasteiger partial charge in [-0.15, -0.1) is 0 Å². The summed E-state index contributed by atoms with van der Waals surface area (Å²) in [6.07, 6.45) is 1.52. The second-order valence-electron chi connectivity index (χ2n) is 4.36. The van der Waals surface area contributed by atoms with Crippen molar-refractivity contribution in [3.8, 4) is 5.75 Å². The summed E-state index contributed by atoms with van der Waals surface area (Å²) in [5.74, 6) is -0.419. The SMILES string of the molecule is O=C1C(=Cc2cccc(O)c2)C(=O)c2ccccc21. The lowest BCUT2D eigenvalue weighted by Gasteiger charge is -1.97. The van der Waals surface area contributed by atoms with Crippen LogP contribution in [0.25, 0.3) is 6.08 Å². The second-order valence-corrected chi connectivity index (χ2v) is 4.36. The first-order chi connectivity index (χ1) is 9.16.